The molecule has 2 nitrogen and oxygen atoms in total. The van der Waals surface area contributed by atoms with Gasteiger partial charge in [-0.2, -0.15) is 0 Å². The van der Waals surface area contributed by atoms with Gasteiger partial charge < -0.3 is 4.90 Å². The maximum absolute atomic E-state index is 10.9. The summed E-state index contributed by atoms with van der Waals surface area (Å²) in [6.45, 7) is 1.60. The van der Waals surface area contributed by atoms with Gasteiger partial charge >= 0.3 is 0 Å². The number of nitrogens with zero attached hydrogens (tertiary/aromatic N) is 1. The van der Waals surface area contributed by atoms with Crippen molar-refractivity contribution in [2.45, 2.75) is 32.2 Å². The summed E-state index contributed by atoms with van der Waals surface area (Å²) < 4.78 is 0. The van der Waals surface area contributed by atoms with Crippen molar-refractivity contribution < 1.29 is 4.79 Å². The molecule has 0 spiro atoms. The Hall–Kier alpha value is -0.970. The average molecular weight is 151 g/mol. The normalized spacial score (nSPS) is 21.8. The highest BCUT2D eigenvalue weighted by atomic mass is 16.2. The van der Waals surface area contributed by atoms with Crippen LogP contribution in [0.15, 0.2) is 0 Å². The third kappa shape index (κ3) is 1.98. The molecule has 60 valence electrons. The lowest BCUT2D eigenvalue weighted by Crippen LogP contribution is -2.35. The second kappa shape index (κ2) is 3.43. The fourth-order valence-corrected chi connectivity index (χ4v) is 1.21. The van der Waals surface area contributed by atoms with Crippen LogP contribution in [0.4, 0.5) is 0 Å². The first kappa shape index (κ1) is 8.13. The van der Waals surface area contributed by atoms with Crippen LogP contribution in [-0.4, -0.2) is 23.9 Å². The lowest BCUT2D eigenvalue weighted by atomic mass is 10.0. The minimum atomic E-state index is 0.138. The van der Waals surface area contributed by atoms with Crippen molar-refractivity contribution in [1.82, 2.24) is 4.90 Å². The molecule has 0 aromatic heterocycles. The molecule has 0 aliphatic heterocycles. The predicted octanol–water partition coefficient (Wildman–Crippen LogP) is 1.02. The molecule has 0 saturated carbocycles. The maximum Gasteiger partial charge on any atom is 0.219 e. The summed E-state index contributed by atoms with van der Waals surface area (Å²) in [6, 6.07) is 0.355. The molecular formula is C9H13NO. The Morgan fingerprint density at radius 1 is 1.55 bits per heavy atom. The van der Waals surface area contributed by atoms with E-state index in [0.29, 0.717) is 6.04 Å². The smallest absolute Gasteiger partial charge is 0.219 e. The highest BCUT2D eigenvalue weighted by molar-refractivity contribution is 5.73. The van der Waals surface area contributed by atoms with E-state index < -0.39 is 0 Å². The fraction of sp³-hybridized carbons (Fsp3) is 0.667. The Bertz CT molecular complexity index is 211. The summed E-state index contributed by atoms with van der Waals surface area (Å²) in [5, 5.41) is 0. The van der Waals surface area contributed by atoms with Gasteiger partial charge in [-0.25, -0.2) is 0 Å². The summed E-state index contributed by atoms with van der Waals surface area (Å²) in [4.78, 5) is 12.7. The van der Waals surface area contributed by atoms with Crippen LogP contribution < -0.4 is 0 Å². The number of hydrogen-bond donors (Lipinski definition) is 0. The summed E-state index contributed by atoms with van der Waals surface area (Å²) >= 11 is 0. The van der Waals surface area contributed by atoms with Crippen LogP contribution in [0.5, 0.6) is 0 Å². The van der Waals surface area contributed by atoms with Crippen molar-refractivity contribution in [1.29, 1.82) is 0 Å². The second-order valence-corrected chi connectivity index (χ2v) is 2.88. The molecule has 2 heteroatoms. The lowest BCUT2D eigenvalue weighted by Gasteiger charge is -2.26. The van der Waals surface area contributed by atoms with Crippen molar-refractivity contribution in [2.24, 2.45) is 0 Å². The van der Waals surface area contributed by atoms with Crippen LogP contribution in [0.25, 0.3) is 0 Å². The zero-order valence-corrected chi connectivity index (χ0v) is 7.05. The van der Waals surface area contributed by atoms with E-state index in [9.17, 15) is 4.79 Å². The van der Waals surface area contributed by atoms with Gasteiger partial charge in [0.1, 0.15) is 0 Å². The van der Waals surface area contributed by atoms with Gasteiger partial charge in [0, 0.05) is 32.9 Å². The minimum Gasteiger partial charge on any atom is -0.342 e. The van der Waals surface area contributed by atoms with Crippen molar-refractivity contribution in [3.05, 3.63) is 0 Å². The average Bonchev–Trinajstić information content (AvgIpc) is 2.05. The fourth-order valence-electron chi connectivity index (χ4n) is 1.21. The molecule has 1 rings (SSSR count). The molecule has 1 aliphatic carbocycles. The molecule has 11 heavy (non-hydrogen) atoms. The molecule has 0 aromatic rings. The van der Waals surface area contributed by atoms with E-state index in [1.54, 1.807) is 11.8 Å². The quantitative estimate of drug-likeness (QED) is 0.512. The van der Waals surface area contributed by atoms with E-state index in [0.717, 1.165) is 19.3 Å². The summed E-state index contributed by atoms with van der Waals surface area (Å²) in [7, 11) is 1.85. The largest absolute Gasteiger partial charge is 0.342 e. The van der Waals surface area contributed by atoms with E-state index in [2.05, 4.69) is 11.8 Å². The van der Waals surface area contributed by atoms with Crippen molar-refractivity contribution in [3.63, 3.8) is 0 Å². The third-order valence-electron chi connectivity index (χ3n) is 2.11. The highest BCUT2D eigenvalue weighted by Crippen LogP contribution is 2.11. The van der Waals surface area contributed by atoms with E-state index in [1.807, 2.05) is 7.05 Å². The van der Waals surface area contributed by atoms with Crippen molar-refractivity contribution in [3.8, 4) is 11.8 Å². The van der Waals surface area contributed by atoms with E-state index in [-0.39, 0.29) is 5.91 Å². The number of carbonyl (C=O) groups excluding carboxylic acids is 1. The summed E-state index contributed by atoms with van der Waals surface area (Å²) in [5.74, 6) is 6.18. The SMILES string of the molecule is CC(=O)N(C)C1CC#CCC1. The molecule has 0 N–H and O–H groups in total. The van der Waals surface area contributed by atoms with E-state index in [4.69, 9.17) is 0 Å². The van der Waals surface area contributed by atoms with Gasteiger partial charge in [0.15, 0.2) is 0 Å². The molecule has 1 aliphatic rings. The van der Waals surface area contributed by atoms with Crippen LogP contribution in [0.1, 0.15) is 26.2 Å². The Kier molecular flexibility index (Phi) is 2.53. The number of amides is 1. The molecule has 1 amide bonds. The van der Waals surface area contributed by atoms with E-state index >= 15 is 0 Å². The van der Waals surface area contributed by atoms with Gasteiger partial charge in [0.2, 0.25) is 5.91 Å². The standard InChI is InChI=1S/C9H13NO/c1-8(11)10(2)9-6-4-3-5-7-9/h9H,4,6-7H2,1-2H3. The number of carbonyl (C=O) groups is 1. The monoisotopic (exact) mass is 151 g/mol. The van der Waals surface area contributed by atoms with E-state index in [1.165, 1.54) is 0 Å². The minimum absolute atomic E-state index is 0.138. The summed E-state index contributed by atoms with van der Waals surface area (Å²) in [6.07, 6.45) is 2.81. The Morgan fingerprint density at radius 3 is 2.73 bits per heavy atom. The molecule has 1 unspecified atom stereocenters. The molecule has 0 bridgehead atoms. The first-order valence-corrected chi connectivity index (χ1v) is 3.91. The predicted molar refractivity (Wildman–Crippen MR) is 43.9 cm³/mol. The van der Waals surface area contributed by atoms with Crippen LogP contribution in [0.3, 0.4) is 0 Å². The Labute approximate surface area is 67.6 Å². The molecular weight excluding hydrogens is 138 g/mol. The maximum atomic E-state index is 10.9. The van der Waals surface area contributed by atoms with Crippen LogP contribution >= 0.6 is 0 Å². The molecule has 0 aromatic carbocycles. The molecule has 0 saturated heterocycles. The van der Waals surface area contributed by atoms with Crippen molar-refractivity contribution >= 4 is 5.91 Å². The van der Waals surface area contributed by atoms with Gasteiger partial charge in [-0.15, -0.1) is 11.8 Å². The number of rotatable bonds is 1. The zero-order valence-electron chi connectivity index (χ0n) is 7.05. The molecule has 1 atom stereocenters. The first-order chi connectivity index (χ1) is 5.22. The highest BCUT2D eigenvalue weighted by Gasteiger charge is 2.16. The topological polar surface area (TPSA) is 20.3 Å². The van der Waals surface area contributed by atoms with Crippen LogP contribution in [0.2, 0.25) is 0 Å². The Balaban J connectivity index is 2.50. The lowest BCUT2D eigenvalue weighted by molar-refractivity contribution is -0.129. The van der Waals surface area contributed by atoms with Gasteiger partial charge in [-0.3, -0.25) is 4.79 Å². The zero-order chi connectivity index (χ0) is 8.27. The van der Waals surface area contributed by atoms with Gasteiger partial charge in [0.25, 0.3) is 0 Å². The third-order valence-corrected chi connectivity index (χ3v) is 2.11. The first-order valence-electron chi connectivity index (χ1n) is 3.91. The molecule has 0 fully saturated rings. The summed E-state index contributed by atoms with van der Waals surface area (Å²) in [5.41, 5.74) is 0. The number of hydrogen-bond acceptors (Lipinski definition) is 1. The van der Waals surface area contributed by atoms with Crippen LogP contribution in [0, 0.1) is 11.8 Å². The molecule has 0 heterocycles. The van der Waals surface area contributed by atoms with Crippen LogP contribution in [-0.2, 0) is 4.79 Å². The Morgan fingerprint density at radius 2 is 2.27 bits per heavy atom. The van der Waals surface area contributed by atoms with Gasteiger partial charge in [0.05, 0.1) is 0 Å². The van der Waals surface area contributed by atoms with Gasteiger partial charge in [-0.05, 0) is 6.42 Å². The second-order valence-electron chi connectivity index (χ2n) is 2.88. The molecule has 0 radical (unpaired) electrons. The van der Waals surface area contributed by atoms with Crippen molar-refractivity contribution in [2.75, 3.05) is 7.05 Å². The van der Waals surface area contributed by atoms with Gasteiger partial charge in [-0.1, -0.05) is 0 Å².